The van der Waals surface area contributed by atoms with Crippen molar-refractivity contribution in [3.63, 3.8) is 0 Å². The van der Waals surface area contributed by atoms with Gasteiger partial charge in [0, 0.05) is 72.9 Å². The number of rotatable bonds is 11. The zero-order chi connectivity index (χ0) is 44.5. The summed E-state index contributed by atoms with van der Waals surface area (Å²) < 4.78 is 0. The first-order valence-electron chi connectivity index (χ1n) is 21.4. The van der Waals surface area contributed by atoms with Crippen molar-refractivity contribution in [2.24, 2.45) is 5.73 Å². The second-order valence-corrected chi connectivity index (χ2v) is 17.8. The maximum absolute atomic E-state index is 13.5. The molecule has 10 rings (SSSR count). The maximum Gasteiger partial charge on any atom is 0.272 e. The lowest BCUT2D eigenvalue weighted by Crippen LogP contribution is -2.54. The summed E-state index contributed by atoms with van der Waals surface area (Å²) in [6.07, 6.45) is 12.2. The van der Waals surface area contributed by atoms with E-state index in [1.54, 1.807) is 29.4 Å². The van der Waals surface area contributed by atoms with Gasteiger partial charge in [0.25, 0.3) is 17.7 Å². The number of hydrogen-bond acceptors (Lipinski definition) is 16. The highest BCUT2D eigenvalue weighted by Gasteiger charge is 2.35. The van der Waals surface area contributed by atoms with Crippen molar-refractivity contribution in [1.29, 1.82) is 0 Å². The molecule has 0 saturated carbocycles. The molecule has 3 aromatic carbocycles. The van der Waals surface area contributed by atoms with Crippen molar-refractivity contribution >= 4 is 46.8 Å². The standard InChI is InChI=1S/C46H47N13O5S/c1-46(47)11-13-57(14-12-46)40-25-49-41(26-48-40)65-36-4-2-3-34(23-36)52-42(60)31-7-6-30-21-35(22-32(30)20-31)56-15-17-58(18-16-56)39-10-9-38(53-54-39)43(61)50-24-29-5-8-37-33(19-29)27-59(44(37)62)45-51-28-63-55-64-45/h2-14,19-20,23,25-26,35,45,51,55H,15-18,21-22,24,27-28,47H2,1H3,(H,50,61)(H,52,60). The molecule has 2 saturated heterocycles. The molecule has 0 radical (unpaired) electrons. The van der Waals surface area contributed by atoms with Crippen LogP contribution >= 0.6 is 11.8 Å². The topological polar surface area (TPSA) is 208 Å². The molecule has 2 unspecified atom stereocenters. The predicted octanol–water partition coefficient (Wildman–Crippen LogP) is 3.71. The number of aromatic nitrogens is 4. The summed E-state index contributed by atoms with van der Waals surface area (Å²) in [5.41, 5.74) is 14.3. The lowest BCUT2D eigenvalue weighted by atomic mass is 10.0. The van der Waals surface area contributed by atoms with Crippen molar-refractivity contribution in [2.75, 3.05) is 48.0 Å². The molecule has 2 fully saturated rings. The first kappa shape index (κ1) is 42.4. The zero-order valence-corrected chi connectivity index (χ0v) is 36.3. The van der Waals surface area contributed by atoms with Crippen molar-refractivity contribution in [2.45, 2.75) is 60.7 Å². The molecule has 6 heterocycles. The Morgan fingerprint density at radius 2 is 1.74 bits per heavy atom. The molecule has 4 aliphatic heterocycles. The number of amides is 3. The average molecular weight is 894 g/mol. The van der Waals surface area contributed by atoms with E-state index >= 15 is 0 Å². The van der Waals surface area contributed by atoms with Crippen molar-refractivity contribution in [3.05, 3.63) is 149 Å². The lowest BCUT2D eigenvalue weighted by Gasteiger charge is -2.38. The number of benzene rings is 3. The third-order valence-electron chi connectivity index (χ3n) is 12.1. The van der Waals surface area contributed by atoms with Gasteiger partial charge in [-0.2, -0.15) is 0 Å². The van der Waals surface area contributed by atoms with E-state index in [1.807, 2.05) is 91.0 Å². The Hall–Kier alpha value is -6.58. The van der Waals surface area contributed by atoms with Crippen molar-refractivity contribution in [1.82, 2.24) is 46.2 Å². The molecule has 0 spiro atoms. The highest BCUT2D eigenvalue weighted by atomic mass is 32.2. The van der Waals surface area contributed by atoms with Gasteiger partial charge < -0.3 is 26.2 Å². The Bertz CT molecular complexity index is 2650. The minimum absolute atomic E-state index is 0.147. The van der Waals surface area contributed by atoms with Gasteiger partial charge in [0.05, 0.1) is 24.5 Å². The Kier molecular flexibility index (Phi) is 11.8. The summed E-state index contributed by atoms with van der Waals surface area (Å²) in [6.45, 7) is 6.05. The molecule has 2 atom stereocenters. The summed E-state index contributed by atoms with van der Waals surface area (Å²) in [7, 11) is 0. The highest BCUT2D eigenvalue weighted by molar-refractivity contribution is 7.99. The first-order chi connectivity index (χ1) is 31.6. The third kappa shape index (κ3) is 9.48. The second-order valence-electron chi connectivity index (χ2n) is 16.7. The molecule has 332 valence electrons. The largest absolute Gasteiger partial charge is 0.353 e. The van der Waals surface area contributed by atoms with Crippen LogP contribution in [0.15, 0.2) is 120 Å². The van der Waals surface area contributed by atoms with Gasteiger partial charge >= 0.3 is 0 Å². The summed E-state index contributed by atoms with van der Waals surface area (Å²) in [5, 5.41) is 18.4. The SMILES string of the molecule is CC1(N)C=CN(c2cnc(Sc3cccc(NC(=O)c4ccc5c(c4)CC(N4CCN(c6ccc(C(=O)NCc7ccc8c(c7)CN(C7NCONO7)C8=O)nn6)CC4)C5)c3)cn2)C=C1. The molecule has 19 heteroatoms. The minimum atomic E-state index is -0.651. The van der Waals surface area contributed by atoms with Crippen LogP contribution in [0.1, 0.15) is 60.4 Å². The third-order valence-corrected chi connectivity index (χ3v) is 13.0. The van der Waals surface area contributed by atoms with Crippen LogP contribution in [0.4, 0.5) is 17.3 Å². The molecular formula is C46H47N13O5S. The van der Waals surface area contributed by atoms with Crippen LogP contribution in [-0.4, -0.2) is 98.5 Å². The number of carbonyl (C=O) groups is 3. The number of nitrogens with zero attached hydrogens (tertiary/aromatic N) is 8. The summed E-state index contributed by atoms with van der Waals surface area (Å²) in [6, 6.07) is 23.2. The van der Waals surface area contributed by atoms with Crippen LogP contribution in [0.25, 0.3) is 0 Å². The van der Waals surface area contributed by atoms with Crippen LogP contribution in [-0.2, 0) is 35.6 Å². The number of piperazine rings is 1. The smallest absolute Gasteiger partial charge is 0.272 e. The van der Waals surface area contributed by atoms with Crippen LogP contribution in [0.3, 0.4) is 0 Å². The molecule has 65 heavy (non-hydrogen) atoms. The number of nitrogens with one attached hydrogen (secondary N) is 4. The van der Waals surface area contributed by atoms with E-state index in [2.05, 4.69) is 57.6 Å². The summed E-state index contributed by atoms with van der Waals surface area (Å²) >= 11 is 1.47. The van der Waals surface area contributed by atoms with Crippen LogP contribution in [0.2, 0.25) is 0 Å². The highest BCUT2D eigenvalue weighted by Crippen LogP contribution is 2.31. The molecule has 6 N–H and O–H groups in total. The van der Waals surface area contributed by atoms with Gasteiger partial charge in [0.1, 0.15) is 11.8 Å². The Labute approximate surface area is 379 Å². The quantitative estimate of drug-likeness (QED) is 0.128. The number of hydrogen-bond donors (Lipinski definition) is 5. The van der Waals surface area contributed by atoms with Gasteiger partial charge in [-0.15, -0.1) is 10.2 Å². The second kappa shape index (κ2) is 18.1. The van der Waals surface area contributed by atoms with E-state index in [4.69, 9.17) is 15.4 Å². The fourth-order valence-corrected chi connectivity index (χ4v) is 9.31. The van der Waals surface area contributed by atoms with Crippen molar-refractivity contribution < 1.29 is 24.1 Å². The minimum Gasteiger partial charge on any atom is -0.353 e. The van der Waals surface area contributed by atoms with Gasteiger partial charge in [-0.05, 0) is 103 Å². The molecule has 3 amide bonds. The zero-order valence-electron chi connectivity index (χ0n) is 35.5. The van der Waals surface area contributed by atoms with Gasteiger partial charge in [-0.3, -0.25) is 29.0 Å². The fourth-order valence-electron chi connectivity index (χ4n) is 8.53. The Morgan fingerprint density at radius 1 is 0.892 bits per heavy atom. The van der Waals surface area contributed by atoms with E-state index in [-0.39, 0.29) is 36.7 Å². The molecular weight excluding hydrogens is 847 g/mol. The maximum atomic E-state index is 13.5. The van der Waals surface area contributed by atoms with Gasteiger partial charge in [-0.1, -0.05) is 41.7 Å². The van der Waals surface area contributed by atoms with E-state index in [1.165, 1.54) is 22.9 Å². The van der Waals surface area contributed by atoms with Crippen LogP contribution in [0, 0.1) is 0 Å². The van der Waals surface area contributed by atoms with E-state index in [9.17, 15) is 14.4 Å². The molecule has 18 nitrogen and oxygen atoms in total. The normalized spacial score (nSPS) is 20.2. The number of nitrogens with two attached hydrogens (primary N) is 1. The van der Waals surface area contributed by atoms with Crippen LogP contribution in [0.5, 0.6) is 0 Å². The number of fused-ring (bicyclic) bond motifs is 2. The monoisotopic (exact) mass is 893 g/mol. The first-order valence-corrected chi connectivity index (χ1v) is 22.2. The number of carbonyl (C=O) groups excluding carboxylic acids is 3. The predicted molar refractivity (Wildman–Crippen MR) is 242 cm³/mol. The molecule has 5 aromatic rings. The summed E-state index contributed by atoms with van der Waals surface area (Å²) in [4.78, 5) is 67.8. The van der Waals surface area contributed by atoms with Gasteiger partial charge in [-0.25, -0.2) is 20.1 Å². The van der Waals surface area contributed by atoms with Gasteiger partial charge in [0.2, 0.25) is 6.35 Å². The Balaban J connectivity index is 0.676. The van der Waals surface area contributed by atoms with Gasteiger partial charge in [0.15, 0.2) is 17.3 Å². The molecule has 0 bridgehead atoms. The number of anilines is 3. The lowest BCUT2D eigenvalue weighted by molar-refractivity contribution is -0.281. The molecule has 2 aromatic heterocycles. The average Bonchev–Trinajstić information content (AvgIpc) is 3.92. The molecule has 1 aliphatic carbocycles. The Morgan fingerprint density at radius 3 is 2.51 bits per heavy atom. The fraction of sp³-hybridized carbons (Fsp3) is 0.283. The van der Waals surface area contributed by atoms with E-state index < -0.39 is 11.9 Å². The summed E-state index contributed by atoms with van der Waals surface area (Å²) in [5.74, 6) is 0.793. The van der Waals surface area contributed by atoms with Crippen LogP contribution < -0.4 is 37.1 Å². The van der Waals surface area contributed by atoms with E-state index in [0.29, 0.717) is 35.2 Å². The molecule has 5 aliphatic rings. The van der Waals surface area contributed by atoms with E-state index in [0.717, 1.165) is 65.9 Å². The van der Waals surface area contributed by atoms with Crippen molar-refractivity contribution in [3.8, 4) is 0 Å².